The maximum Gasteiger partial charge on any atom is 0.0773 e. The lowest BCUT2D eigenvalue weighted by Gasteiger charge is -2.29. The summed E-state index contributed by atoms with van der Waals surface area (Å²) in [4.78, 5) is 6.26. The van der Waals surface area contributed by atoms with Crippen LogP contribution in [0.2, 0.25) is 0 Å². The molecule has 1 aromatic rings. The van der Waals surface area contributed by atoms with E-state index >= 15 is 0 Å². The summed E-state index contributed by atoms with van der Waals surface area (Å²) in [6.45, 7) is 2.77. The van der Waals surface area contributed by atoms with Gasteiger partial charge in [-0.1, -0.05) is 0 Å². The molecule has 0 unspecified atom stereocenters. The minimum absolute atomic E-state index is 0.688. The van der Waals surface area contributed by atoms with E-state index in [1.165, 1.54) is 0 Å². The molecule has 0 amide bonds. The minimum Gasteiger partial charge on any atom is -0.396 e. The largest absolute Gasteiger partial charge is 0.396 e. The number of nitrogens with zero attached hydrogens (tertiary/aromatic N) is 2. The van der Waals surface area contributed by atoms with Gasteiger partial charge in [0.05, 0.1) is 22.0 Å². The van der Waals surface area contributed by atoms with Crippen molar-refractivity contribution in [2.24, 2.45) is 5.92 Å². The Hall–Kier alpha value is -0.810. The van der Waals surface area contributed by atoms with Gasteiger partial charge < -0.3 is 15.4 Å². The highest BCUT2D eigenvalue weighted by atomic mass is 79.9. The number of pyridine rings is 1. The van der Waals surface area contributed by atoms with Crippen molar-refractivity contribution in [3.63, 3.8) is 0 Å². The minimum atomic E-state index is 0.688. The van der Waals surface area contributed by atoms with Gasteiger partial charge in [-0.3, -0.25) is 4.98 Å². The number of aromatic nitrogens is 1. The first kappa shape index (κ1) is 12.6. The number of rotatable bonds is 3. The van der Waals surface area contributed by atoms with Gasteiger partial charge in [0.25, 0.3) is 0 Å². The van der Waals surface area contributed by atoms with Crippen molar-refractivity contribution < 1.29 is 4.74 Å². The van der Waals surface area contributed by atoms with E-state index in [0.717, 1.165) is 42.8 Å². The summed E-state index contributed by atoms with van der Waals surface area (Å²) in [5, 5.41) is 0. The summed E-state index contributed by atoms with van der Waals surface area (Å²) in [6, 6.07) is 0. The lowest BCUT2D eigenvalue weighted by Crippen LogP contribution is -2.30. The van der Waals surface area contributed by atoms with Crippen molar-refractivity contribution in [2.45, 2.75) is 12.8 Å². The third-order valence-corrected chi connectivity index (χ3v) is 3.74. The predicted octanol–water partition coefficient (Wildman–Crippen LogP) is 2.29. The second-order valence-corrected chi connectivity index (χ2v) is 5.35. The number of nitrogens with two attached hydrogens (primary N) is 1. The number of hydrogen-bond donors (Lipinski definition) is 1. The van der Waals surface area contributed by atoms with Gasteiger partial charge in [-0.05, 0) is 34.7 Å². The van der Waals surface area contributed by atoms with Crippen molar-refractivity contribution >= 4 is 27.3 Å². The van der Waals surface area contributed by atoms with Crippen LogP contribution >= 0.6 is 15.9 Å². The molecular weight excluding hydrogens is 282 g/mol. The van der Waals surface area contributed by atoms with Gasteiger partial charge in [0, 0.05) is 33.0 Å². The maximum absolute atomic E-state index is 5.97. The summed E-state index contributed by atoms with van der Waals surface area (Å²) < 4.78 is 6.32. The van der Waals surface area contributed by atoms with Crippen LogP contribution < -0.4 is 10.6 Å². The molecule has 2 N–H and O–H groups in total. The third kappa shape index (κ3) is 3.10. The molecule has 5 heteroatoms. The Balaban J connectivity index is 2.05. The molecule has 1 aliphatic rings. The van der Waals surface area contributed by atoms with Gasteiger partial charge in [0.1, 0.15) is 0 Å². The number of ether oxygens (including phenoxy) is 1. The van der Waals surface area contributed by atoms with Gasteiger partial charge in [-0.25, -0.2) is 0 Å². The Bertz CT molecular complexity index is 360. The predicted molar refractivity (Wildman–Crippen MR) is 73.2 cm³/mol. The molecule has 94 valence electrons. The Labute approximate surface area is 110 Å². The fourth-order valence-electron chi connectivity index (χ4n) is 2.25. The van der Waals surface area contributed by atoms with Gasteiger partial charge >= 0.3 is 0 Å². The highest BCUT2D eigenvalue weighted by molar-refractivity contribution is 9.10. The molecule has 0 spiro atoms. The fourth-order valence-corrected chi connectivity index (χ4v) is 2.90. The molecule has 0 aromatic carbocycles. The Morgan fingerprint density at radius 1 is 1.47 bits per heavy atom. The lowest BCUT2D eigenvalue weighted by molar-refractivity contribution is 0.0685. The Morgan fingerprint density at radius 3 is 2.82 bits per heavy atom. The smallest absolute Gasteiger partial charge is 0.0773 e. The zero-order valence-corrected chi connectivity index (χ0v) is 11.6. The number of nitrogen functional groups attached to an aromatic ring is 1. The van der Waals surface area contributed by atoms with Gasteiger partial charge in [-0.2, -0.15) is 0 Å². The molecule has 1 fully saturated rings. The molecule has 0 radical (unpaired) electrons. The van der Waals surface area contributed by atoms with E-state index in [2.05, 4.69) is 32.9 Å². The van der Waals surface area contributed by atoms with Crippen LogP contribution in [-0.4, -0.2) is 31.8 Å². The summed E-state index contributed by atoms with van der Waals surface area (Å²) in [5.74, 6) is 0.688. The maximum atomic E-state index is 5.97. The van der Waals surface area contributed by atoms with E-state index < -0.39 is 0 Å². The van der Waals surface area contributed by atoms with Crippen molar-refractivity contribution in [1.82, 2.24) is 4.98 Å². The van der Waals surface area contributed by atoms with E-state index in [4.69, 9.17) is 10.5 Å². The number of halogens is 1. The molecular formula is C12H18BrN3O. The standard InChI is InChI=1S/C12H18BrN3O/c1-16(8-9-2-4-17-5-3-9)12-10(13)6-15-7-11(12)14/h6-7,9H,2-5,8,14H2,1H3. The molecule has 17 heavy (non-hydrogen) atoms. The lowest BCUT2D eigenvalue weighted by atomic mass is 10.00. The van der Waals surface area contributed by atoms with E-state index in [0.29, 0.717) is 11.6 Å². The van der Waals surface area contributed by atoms with Gasteiger partial charge in [-0.15, -0.1) is 0 Å². The molecule has 0 atom stereocenters. The van der Waals surface area contributed by atoms with Gasteiger partial charge in [0.2, 0.25) is 0 Å². The molecule has 2 heterocycles. The molecule has 2 rings (SSSR count). The fraction of sp³-hybridized carbons (Fsp3) is 0.583. The molecule has 0 saturated carbocycles. The van der Waals surface area contributed by atoms with Crippen molar-refractivity contribution in [2.75, 3.05) is 37.4 Å². The number of anilines is 2. The summed E-state index contributed by atoms with van der Waals surface area (Å²) >= 11 is 3.50. The van der Waals surface area contributed by atoms with E-state index in [1.807, 2.05) is 0 Å². The summed E-state index contributed by atoms with van der Waals surface area (Å²) in [7, 11) is 2.08. The van der Waals surface area contributed by atoms with Crippen molar-refractivity contribution in [3.05, 3.63) is 16.9 Å². The van der Waals surface area contributed by atoms with Crippen LogP contribution in [0.5, 0.6) is 0 Å². The average molecular weight is 300 g/mol. The molecule has 4 nitrogen and oxygen atoms in total. The second kappa shape index (κ2) is 5.69. The Morgan fingerprint density at radius 2 is 2.18 bits per heavy atom. The highest BCUT2D eigenvalue weighted by Gasteiger charge is 2.18. The normalized spacial score (nSPS) is 17.1. The first-order valence-electron chi connectivity index (χ1n) is 5.86. The van der Waals surface area contributed by atoms with Crippen LogP contribution in [0.3, 0.4) is 0 Å². The van der Waals surface area contributed by atoms with Crippen LogP contribution in [0, 0.1) is 5.92 Å². The van der Waals surface area contributed by atoms with E-state index in [9.17, 15) is 0 Å². The van der Waals surface area contributed by atoms with Crippen LogP contribution in [0.25, 0.3) is 0 Å². The second-order valence-electron chi connectivity index (χ2n) is 4.50. The van der Waals surface area contributed by atoms with Crippen LogP contribution in [0.4, 0.5) is 11.4 Å². The summed E-state index contributed by atoms with van der Waals surface area (Å²) in [6.07, 6.45) is 5.74. The zero-order valence-electron chi connectivity index (χ0n) is 10.0. The monoisotopic (exact) mass is 299 g/mol. The molecule has 1 aromatic heterocycles. The quantitative estimate of drug-likeness (QED) is 0.930. The molecule has 1 aliphatic heterocycles. The third-order valence-electron chi connectivity index (χ3n) is 3.16. The van der Waals surface area contributed by atoms with Gasteiger partial charge in [0.15, 0.2) is 0 Å². The average Bonchev–Trinajstić information content (AvgIpc) is 2.30. The Kier molecular flexibility index (Phi) is 4.23. The van der Waals surface area contributed by atoms with Crippen LogP contribution in [-0.2, 0) is 4.74 Å². The van der Waals surface area contributed by atoms with Crippen LogP contribution in [0.15, 0.2) is 16.9 Å². The van der Waals surface area contributed by atoms with E-state index in [-0.39, 0.29) is 0 Å². The van der Waals surface area contributed by atoms with Crippen molar-refractivity contribution in [3.8, 4) is 0 Å². The first-order chi connectivity index (χ1) is 8.18. The number of hydrogen-bond acceptors (Lipinski definition) is 4. The SMILES string of the molecule is CN(CC1CCOCC1)c1c(N)cncc1Br. The van der Waals surface area contributed by atoms with E-state index in [1.54, 1.807) is 12.4 Å². The zero-order chi connectivity index (χ0) is 12.3. The van der Waals surface area contributed by atoms with Crippen LogP contribution in [0.1, 0.15) is 12.8 Å². The first-order valence-corrected chi connectivity index (χ1v) is 6.65. The molecule has 0 bridgehead atoms. The highest BCUT2D eigenvalue weighted by Crippen LogP contribution is 2.31. The molecule has 0 aliphatic carbocycles. The van der Waals surface area contributed by atoms with Crippen molar-refractivity contribution in [1.29, 1.82) is 0 Å². The topological polar surface area (TPSA) is 51.4 Å². The molecule has 1 saturated heterocycles. The summed E-state index contributed by atoms with van der Waals surface area (Å²) in [5.41, 5.74) is 7.72.